The minimum atomic E-state index is -0.474. The second-order valence-corrected chi connectivity index (χ2v) is 5.65. The molecule has 1 amide bonds. The zero-order chi connectivity index (χ0) is 17.2. The Balaban J connectivity index is 2.33. The van der Waals surface area contributed by atoms with E-state index in [1.54, 1.807) is 18.2 Å². The van der Waals surface area contributed by atoms with Crippen LogP contribution in [0.5, 0.6) is 0 Å². The van der Waals surface area contributed by atoms with Gasteiger partial charge in [0.25, 0.3) is 0 Å². The van der Waals surface area contributed by atoms with Crippen LogP contribution in [0.15, 0.2) is 18.2 Å². The van der Waals surface area contributed by atoms with Gasteiger partial charge in [-0.05, 0) is 30.4 Å². The fourth-order valence-corrected chi connectivity index (χ4v) is 2.26. The van der Waals surface area contributed by atoms with Crippen LogP contribution in [-0.2, 0) is 19.1 Å². The highest BCUT2D eigenvalue weighted by atomic mass is 35.5. The van der Waals surface area contributed by atoms with Gasteiger partial charge in [-0.15, -0.1) is 0 Å². The molecule has 0 spiro atoms. The first kappa shape index (κ1) is 19.6. The van der Waals surface area contributed by atoms with E-state index in [0.717, 1.165) is 0 Å². The van der Waals surface area contributed by atoms with Crippen LogP contribution in [-0.4, -0.2) is 37.3 Å². The highest BCUT2D eigenvalue weighted by molar-refractivity contribution is 7.80. The summed E-state index contributed by atoms with van der Waals surface area (Å²) >= 11 is 16.7. The third kappa shape index (κ3) is 8.71. The number of carbonyl (C=O) groups is 2. The Bertz CT molecular complexity index is 564. The molecule has 0 bridgehead atoms. The molecule has 1 aromatic rings. The lowest BCUT2D eigenvalue weighted by Gasteiger charge is -2.10. The first-order valence-corrected chi connectivity index (χ1v) is 7.78. The van der Waals surface area contributed by atoms with E-state index in [1.807, 2.05) is 0 Å². The number of nitrogens with one attached hydrogen (secondary N) is 2. The number of thiocarbonyl (C=S) groups is 1. The van der Waals surface area contributed by atoms with Gasteiger partial charge in [-0.3, -0.25) is 9.59 Å². The first-order chi connectivity index (χ1) is 10.9. The maximum Gasteiger partial charge on any atom is 0.306 e. The SMILES string of the molecule is COCCOC(=O)CCC(=O)NC(=S)Nc1cc(Cl)cc(Cl)c1. The van der Waals surface area contributed by atoms with Gasteiger partial charge in [0.15, 0.2) is 5.11 Å². The van der Waals surface area contributed by atoms with Crippen molar-refractivity contribution >= 4 is 58.1 Å². The molecule has 0 saturated heterocycles. The van der Waals surface area contributed by atoms with E-state index in [4.69, 9.17) is 44.9 Å². The van der Waals surface area contributed by atoms with E-state index in [-0.39, 0.29) is 24.6 Å². The van der Waals surface area contributed by atoms with Gasteiger partial charge in [0, 0.05) is 29.3 Å². The third-order valence-electron chi connectivity index (χ3n) is 2.48. The molecule has 0 atom stereocenters. The number of carbonyl (C=O) groups excluding carboxylic acids is 2. The van der Waals surface area contributed by atoms with E-state index in [1.165, 1.54) is 7.11 Å². The van der Waals surface area contributed by atoms with Crippen LogP contribution >= 0.6 is 35.4 Å². The first-order valence-electron chi connectivity index (χ1n) is 6.62. The smallest absolute Gasteiger partial charge is 0.306 e. The second-order valence-electron chi connectivity index (χ2n) is 4.37. The molecule has 0 heterocycles. The Labute approximate surface area is 149 Å². The average molecular weight is 379 g/mol. The number of halogens is 2. The highest BCUT2D eigenvalue weighted by Crippen LogP contribution is 2.22. The molecule has 2 N–H and O–H groups in total. The molecule has 126 valence electrons. The Morgan fingerprint density at radius 3 is 2.39 bits per heavy atom. The van der Waals surface area contributed by atoms with Crippen LogP contribution in [0.4, 0.5) is 5.69 Å². The quantitative estimate of drug-likeness (QED) is 0.431. The molecule has 1 aromatic carbocycles. The number of benzene rings is 1. The standard InChI is InChI=1S/C14H16Cl2N2O4S/c1-21-4-5-22-13(20)3-2-12(19)18-14(23)17-11-7-9(15)6-10(16)8-11/h6-8H,2-5H2,1H3,(H2,17,18,19,23). The van der Waals surface area contributed by atoms with E-state index in [0.29, 0.717) is 22.3 Å². The van der Waals surface area contributed by atoms with Crippen LogP contribution < -0.4 is 10.6 Å². The number of hydrogen-bond donors (Lipinski definition) is 2. The topological polar surface area (TPSA) is 76.7 Å². The zero-order valence-corrected chi connectivity index (χ0v) is 14.7. The molecule has 0 saturated carbocycles. The van der Waals surface area contributed by atoms with Crippen molar-refractivity contribution in [3.8, 4) is 0 Å². The van der Waals surface area contributed by atoms with Gasteiger partial charge in [-0.1, -0.05) is 23.2 Å². The summed E-state index contributed by atoms with van der Waals surface area (Å²) in [4.78, 5) is 23.0. The summed E-state index contributed by atoms with van der Waals surface area (Å²) in [6, 6.07) is 4.79. The van der Waals surface area contributed by atoms with Crippen molar-refractivity contribution in [2.75, 3.05) is 25.6 Å². The monoisotopic (exact) mass is 378 g/mol. The van der Waals surface area contributed by atoms with Gasteiger partial charge in [0.2, 0.25) is 5.91 Å². The van der Waals surface area contributed by atoms with Gasteiger partial charge < -0.3 is 20.1 Å². The summed E-state index contributed by atoms with van der Waals surface area (Å²) in [6.45, 7) is 0.473. The fourth-order valence-electron chi connectivity index (χ4n) is 1.50. The lowest BCUT2D eigenvalue weighted by atomic mass is 10.3. The van der Waals surface area contributed by atoms with Gasteiger partial charge in [0.1, 0.15) is 6.61 Å². The van der Waals surface area contributed by atoms with Crippen molar-refractivity contribution < 1.29 is 19.1 Å². The summed E-state index contributed by atoms with van der Waals surface area (Å²) in [5.41, 5.74) is 0.548. The van der Waals surface area contributed by atoms with Gasteiger partial charge in [-0.2, -0.15) is 0 Å². The van der Waals surface area contributed by atoms with Crippen LogP contribution in [0.1, 0.15) is 12.8 Å². The number of anilines is 1. The van der Waals surface area contributed by atoms with Gasteiger partial charge in [0.05, 0.1) is 13.0 Å². The fraction of sp³-hybridized carbons (Fsp3) is 0.357. The Morgan fingerprint density at radius 1 is 1.13 bits per heavy atom. The highest BCUT2D eigenvalue weighted by Gasteiger charge is 2.10. The maximum absolute atomic E-state index is 11.7. The molecule has 0 radical (unpaired) electrons. The number of rotatable bonds is 7. The summed E-state index contributed by atoms with van der Waals surface area (Å²) < 4.78 is 9.58. The van der Waals surface area contributed by atoms with Crippen molar-refractivity contribution in [1.29, 1.82) is 0 Å². The van der Waals surface area contributed by atoms with E-state index >= 15 is 0 Å². The van der Waals surface area contributed by atoms with Crippen molar-refractivity contribution in [2.45, 2.75) is 12.8 Å². The van der Waals surface area contributed by atoms with Crippen LogP contribution in [0, 0.1) is 0 Å². The van der Waals surface area contributed by atoms with Gasteiger partial charge in [-0.25, -0.2) is 0 Å². The van der Waals surface area contributed by atoms with Crippen molar-refractivity contribution in [3.63, 3.8) is 0 Å². The lowest BCUT2D eigenvalue weighted by Crippen LogP contribution is -2.34. The minimum Gasteiger partial charge on any atom is -0.463 e. The Kier molecular flexibility index (Phi) is 8.86. The second kappa shape index (κ2) is 10.4. The zero-order valence-electron chi connectivity index (χ0n) is 12.4. The van der Waals surface area contributed by atoms with E-state index < -0.39 is 11.9 Å². The van der Waals surface area contributed by atoms with Crippen LogP contribution in [0.2, 0.25) is 10.0 Å². The maximum atomic E-state index is 11.7. The summed E-state index contributed by atoms with van der Waals surface area (Å²) in [5.74, 6) is -0.878. The number of amides is 1. The molecular weight excluding hydrogens is 363 g/mol. The average Bonchev–Trinajstić information content (AvgIpc) is 2.44. The summed E-state index contributed by atoms with van der Waals surface area (Å²) in [6.07, 6.45) is -0.0783. The molecule has 0 aliphatic heterocycles. The lowest BCUT2D eigenvalue weighted by molar-refractivity contribution is -0.146. The molecule has 0 aromatic heterocycles. The number of hydrogen-bond acceptors (Lipinski definition) is 5. The van der Waals surface area contributed by atoms with Crippen molar-refractivity contribution in [2.24, 2.45) is 0 Å². The van der Waals surface area contributed by atoms with Crippen LogP contribution in [0.25, 0.3) is 0 Å². The molecule has 23 heavy (non-hydrogen) atoms. The number of methoxy groups -OCH3 is 1. The molecule has 0 fully saturated rings. The molecule has 9 heteroatoms. The molecule has 6 nitrogen and oxygen atoms in total. The summed E-state index contributed by atoms with van der Waals surface area (Å²) in [7, 11) is 1.50. The normalized spacial score (nSPS) is 10.0. The molecular formula is C14H16Cl2N2O4S. The molecule has 0 aliphatic rings. The Hall–Kier alpha value is -1.41. The van der Waals surface area contributed by atoms with E-state index in [9.17, 15) is 9.59 Å². The third-order valence-corrected chi connectivity index (χ3v) is 3.12. The van der Waals surface area contributed by atoms with Crippen LogP contribution in [0.3, 0.4) is 0 Å². The molecule has 1 rings (SSSR count). The number of esters is 1. The predicted molar refractivity (Wildman–Crippen MR) is 92.9 cm³/mol. The van der Waals surface area contributed by atoms with E-state index in [2.05, 4.69) is 10.6 Å². The largest absolute Gasteiger partial charge is 0.463 e. The summed E-state index contributed by atoms with van der Waals surface area (Å²) in [5, 5.41) is 6.19. The predicted octanol–water partition coefficient (Wildman–Crippen LogP) is 2.78. The molecule has 0 unspecified atom stereocenters. The van der Waals surface area contributed by atoms with Crippen molar-refractivity contribution in [3.05, 3.63) is 28.2 Å². The van der Waals surface area contributed by atoms with Gasteiger partial charge >= 0.3 is 5.97 Å². The minimum absolute atomic E-state index is 0.0378. The Morgan fingerprint density at radius 2 is 1.78 bits per heavy atom. The molecule has 0 aliphatic carbocycles. The van der Waals surface area contributed by atoms with Crippen molar-refractivity contribution in [1.82, 2.24) is 5.32 Å². The number of ether oxygens (including phenoxy) is 2.